The van der Waals surface area contributed by atoms with Gasteiger partial charge < -0.3 is 15.0 Å². The van der Waals surface area contributed by atoms with Crippen LogP contribution in [-0.2, 0) is 4.74 Å². The molecule has 1 aliphatic heterocycles. The van der Waals surface area contributed by atoms with Gasteiger partial charge in [0.05, 0.1) is 19.4 Å². The van der Waals surface area contributed by atoms with Gasteiger partial charge in [-0.2, -0.15) is 5.10 Å². The van der Waals surface area contributed by atoms with Crippen molar-refractivity contribution >= 4 is 69.3 Å². The van der Waals surface area contributed by atoms with Gasteiger partial charge in [-0.1, -0.05) is 65.7 Å². The van der Waals surface area contributed by atoms with E-state index in [2.05, 4.69) is 45.0 Å². The Balaban J connectivity index is 1.35. The first kappa shape index (κ1) is 24.8. The maximum atomic E-state index is 6.46. The number of nitrogens with zero attached hydrogens (tertiary/aromatic N) is 2. The van der Waals surface area contributed by atoms with Gasteiger partial charge in [-0.25, -0.2) is 0 Å². The average Bonchev–Trinajstić information content (AvgIpc) is 3.28. The number of nitrogens with one attached hydrogen (secondary N) is 2. The molecule has 2 aliphatic rings. The van der Waals surface area contributed by atoms with Crippen LogP contribution >= 0.6 is 35.4 Å². The van der Waals surface area contributed by atoms with Crippen LogP contribution < -0.4 is 10.7 Å². The van der Waals surface area contributed by atoms with Crippen molar-refractivity contribution in [3.05, 3.63) is 93.1 Å². The lowest BCUT2D eigenvalue weighted by Gasteiger charge is -2.31. The monoisotopic (exact) mass is 536 g/mol. The van der Waals surface area contributed by atoms with Crippen molar-refractivity contribution in [1.29, 1.82) is 0 Å². The molecule has 0 bridgehead atoms. The number of morpholine rings is 1. The second-order valence-electron chi connectivity index (χ2n) is 8.66. The van der Waals surface area contributed by atoms with Crippen molar-refractivity contribution in [2.24, 2.45) is 5.10 Å². The quantitative estimate of drug-likeness (QED) is 0.211. The number of hydrogen-bond donors (Lipinski definition) is 2. The summed E-state index contributed by atoms with van der Waals surface area (Å²) < 4.78 is 5.59. The third-order valence-corrected chi connectivity index (χ3v) is 7.07. The van der Waals surface area contributed by atoms with Gasteiger partial charge in [0.15, 0.2) is 5.11 Å². The van der Waals surface area contributed by atoms with Crippen molar-refractivity contribution in [3.8, 4) is 0 Å². The van der Waals surface area contributed by atoms with Crippen LogP contribution in [0.1, 0.15) is 18.4 Å². The van der Waals surface area contributed by atoms with Gasteiger partial charge in [0, 0.05) is 39.9 Å². The molecule has 184 valence electrons. The molecule has 3 aromatic carbocycles. The highest BCUT2D eigenvalue weighted by Crippen LogP contribution is 2.36. The van der Waals surface area contributed by atoms with Gasteiger partial charge in [0.2, 0.25) is 0 Å². The van der Waals surface area contributed by atoms with Crippen molar-refractivity contribution in [2.45, 2.75) is 12.8 Å². The van der Waals surface area contributed by atoms with Crippen LogP contribution in [0.25, 0.3) is 16.8 Å². The average molecular weight is 538 g/mol. The Morgan fingerprint density at radius 2 is 1.81 bits per heavy atom. The van der Waals surface area contributed by atoms with Crippen LogP contribution in [0.4, 0.5) is 5.69 Å². The highest BCUT2D eigenvalue weighted by Gasteiger charge is 2.25. The van der Waals surface area contributed by atoms with Crippen LogP contribution in [0.15, 0.2) is 82.6 Å². The first-order valence-corrected chi connectivity index (χ1v) is 13.0. The fourth-order valence-electron chi connectivity index (χ4n) is 4.63. The van der Waals surface area contributed by atoms with Crippen molar-refractivity contribution in [1.82, 2.24) is 10.3 Å². The summed E-state index contributed by atoms with van der Waals surface area (Å²) in [6, 6.07) is 19.9. The molecule has 0 spiro atoms. The number of ether oxygens (including phenoxy) is 1. The number of rotatable bonds is 5. The molecule has 3 aromatic rings. The molecule has 1 aliphatic carbocycles. The maximum Gasteiger partial charge on any atom is 0.191 e. The van der Waals surface area contributed by atoms with E-state index in [0.717, 1.165) is 53.5 Å². The Labute approximate surface area is 226 Å². The summed E-state index contributed by atoms with van der Waals surface area (Å²) >= 11 is 18.1. The zero-order valence-electron chi connectivity index (χ0n) is 19.6. The molecule has 5 rings (SSSR count). The Morgan fingerprint density at radius 1 is 1.00 bits per heavy atom. The molecule has 0 aromatic heterocycles. The first-order chi connectivity index (χ1) is 17.6. The molecule has 5 nitrogen and oxygen atoms in total. The van der Waals surface area contributed by atoms with E-state index < -0.39 is 0 Å². The second-order valence-corrected chi connectivity index (χ2v) is 9.91. The Bertz CT molecular complexity index is 1370. The number of anilines is 1. The van der Waals surface area contributed by atoms with Crippen LogP contribution in [0.2, 0.25) is 10.0 Å². The second kappa shape index (κ2) is 11.4. The fourth-order valence-corrected chi connectivity index (χ4v) is 5.26. The molecular weight excluding hydrogens is 511 g/mol. The lowest BCUT2D eigenvalue weighted by Crippen LogP contribution is -2.36. The number of halogens is 2. The van der Waals surface area contributed by atoms with Crippen molar-refractivity contribution < 1.29 is 4.74 Å². The number of hydrogen-bond acceptors (Lipinski definition) is 4. The Morgan fingerprint density at radius 3 is 2.64 bits per heavy atom. The van der Waals surface area contributed by atoms with Gasteiger partial charge in [-0.3, -0.25) is 5.43 Å². The molecule has 36 heavy (non-hydrogen) atoms. The van der Waals surface area contributed by atoms with E-state index in [4.69, 9.17) is 40.2 Å². The highest BCUT2D eigenvalue weighted by atomic mass is 35.5. The van der Waals surface area contributed by atoms with E-state index in [1.807, 2.05) is 42.6 Å². The predicted octanol–water partition coefficient (Wildman–Crippen LogP) is 6.88. The zero-order valence-corrected chi connectivity index (χ0v) is 22.0. The Kier molecular flexibility index (Phi) is 7.87. The Hall–Kier alpha value is -2.90. The van der Waals surface area contributed by atoms with Gasteiger partial charge in [-0.05, 0) is 71.4 Å². The van der Waals surface area contributed by atoms with Gasteiger partial charge in [0.25, 0.3) is 0 Å². The molecule has 0 amide bonds. The molecule has 1 heterocycles. The summed E-state index contributed by atoms with van der Waals surface area (Å²) in [5.74, 6) is 0. The summed E-state index contributed by atoms with van der Waals surface area (Å²) in [5.41, 5.74) is 8.48. The molecule has 8 heteroatoms. The largest absolute Gasteiger partial charge is 0.378 e. The third kappa shape index (κ3) is 5.73. The van der Waals surface area contributed by atoms with E-state index >= 15 is 0 Å². The fraction of sp³-hybridized carbons (Fsp3) is 0.214. The number of fused-ring (bicyclic) bond motifs is 1. The van der Waals surface area contributed by atoms with Gasteiger partial charge in [0.1, 0.15) is 0 Å². The standard InChI is InChI=1S/C28H26Cl2N4OS/c29-23-11-10-20(25(30)17-23)16-21-8-9-22(27(21)34-12-14-35-15-13-34)18-31-33-28(36)32-26-7-3-5-19-4-1-2-6-24(19)26/h1-7,10-11,16-18H,8-9,12-15H2,(H2,32,33,36)/b21-16+,31-18+. The molecule has 0 saturated carbocycles. The number of thiocarbonyl (C=S) groups is 1. The molecule has 0 atom stereocenters. The topological polar surface area (TPSA) is 48.9 Å². The summed E-state index contributed by atoms with van der Waals surface area (Å²) in [7, 11) is 0. The molecule has 2 N–H and O–H groups in total. The summed E-state index contributed by atoms with van der Waals surface area (Å²) in [4.78, 5) is 2.38. The molecule has 1 fully saturated rings. The molecule has 0 unspecified atom stereocenters. The van der Waals surface area contributed by atoms with E-state index in [1.54, 1.807) is 6.07 Å². The minimum absolute atomic E-state index is 0.442. The van der Waals surface area contributed by atoms with Crippen LogP contribution in [0.3, 0.4) is 0 Å². The van der Waals surface area contributed by atoms with Crippen LogP contribution in [-0.4, -0.2) is 42.5 Å². The minimum atomic E-state index is 0.442. The summed E-state index contributed by atoms with van der Waals surface area (Å²) in [5, 5.41) is 11.7. The lowest BCUT2D eigenvalue weighted by molar-refractivity contribution is 0.0548. The molecule has 0 radical (unpaired) electrons. The normalized spacial score (nSPS) is 17.4. The predicted molar refractivity (Wildman–Crippen MR) is 155 cm³/mol. The van der Waals surface area contributed by atoms with Crippen molar-refractivity contribution in [3.63, 3.8) is 0 Å². The summed E-state index contributed by atoms with van der Waals surface area (Å²) in [6.07, 6.45) is 5.83. The van der Waals surface area contributed by atoms with E-state index in [1.165, 1.54) is 11.3 Å². The first-order valence-electron chi connectivity index (χ1n) is 11.9. The number of allylic oxidation sites excluding steroid dienone is 2. The van der Waals surface area contributed by atoms with Crippen LogP contribution in [0.5, 0.6) is 0 Å². The highest BCUT2D eigenvalue weighted by molar-refractivity contribution is 7.80. The van der Waals surface area contributed by atoms with E-state index in [0.29, 0.717) is 28.4 Å². The molecule has 1 saturated heterocycles. The van der Waals surface area contributed by atoms with Gasteiger partial charge >= 0.3 is 0 Å². The zero-order chi connectivity index (χ0) is 24.9. The van der Waals surface area contributed by atoms with E-state index in [-0.39, 0.29) is 0 Å². The lowest BCUT2D eigenvalue weighted by atomic mass is 10.1. The van der Waals surface area contributed by atoms with Gasteiger partial charge in [-0.15, -0.1) is 0 Å². The van der Waals surface area contributed by atoms with Crippen LogP contribution in [0, 0.1) is 0 Å². The number of benzene rings is 3. The number of hydrazone groups is 1. The van der Waals surface area contributed by atoms with E-state index in [9.17, 15) is 0 Å². The minimum Gasteiger partial charge on any atom is -0.378 e. The molecular formula is C28H26Cl2N4OS. The van der Waals surface area contributed by atoms with Crippen molar-refractivity contribution in [2.75, 3.05) is 31.6 Å². The SMILES string of the molecule is S=C(N/N=C/C1=C(N2CCOCC2)C(=C/c2ccc(Cl)cc2Cl)/CC1)Nc1cccc2ccccc12. The maximum absolute atomic E-state index is 6.46. The smallest absolute Gasteiger partial charge is 0.191 e. The summed E-state index contributed by atoms with van der Waals surface area (Å²) in [6.45, 7) is 3.10. The third-order valence-electron chi connectivity index (χ3n) is 6.32.